The van der Waals surface area contributed by atoms with Crippen molar-refractivity contribution < 1.29 is 4.79 Å². The van der Waals surface area contributed by atoms with Crippen LogP contribution in [-0.2, 0) is 17.8 Å². The first kappa shape index (κ1) is 16.2. The lowest BCUT2D eigenvalue weighted by atomic mass is 10.0. The molecule has 0 spiro atoms. The maximum absolute atomic E-state index is 12.6. The number of nitrogens with zero attached hydrogens (tertiary/aromatic N) is 2. The molecule has 0 aliphatic heterocycles. The zero-order valence-corrected chi connectivity index (χ0v) is 14.4. The largest absolute Gasteiger partial charge is 0.348 e. The fourth-order valence-corrected chi connectivity index (χ4v) is 3.15. The molecule has 1 aromatic heterocycles. The molecule has 4 nitrogen and oxygen atoms in total. The van der Waals surface area contributed by atoms with E-state index in [-0.39, 0.29) is 11.9 Å². The molecule has 0 radical (unpaired) electrons. The van der Waals surface area contributed by atoms with Crippen molar-refractivity contribution in [3.8, 4) is 0 Å². The summed E-state index contributed by atoms with van der Waals surface area (Å²) in [5.41, 5.74) is 4.28. The topological polar surface area (TPSA) is 46.9 Å². The minimum atomic E-state index is -0.0152. The first-order chi connectivity index (χ1) is 11.6. The number of carbonyl (C=O) groups is 1. The van der Waals surface area contributed by atoms with E-state index in [1.165, 1.54) is 5.56 Å². The van der Waals surface area contributed by atoms with Crippen molar-refractivity contribution in [2.45, 2.75) is 39.8 Å². The summed E-state index contributed by atoms with van der Waals surface area (Å²) in [7, 11) is 0. The zero-order valence-electron chi connectivity index (χ0n) is 14.4. The second-order valence-electron chi connectivity index (χ2n) is 6.10. The standard InChI is InChI=1S/C20H23N3O/c1-4-19-22-17-11-7-8-12-18(17)23(19)13-20(24)21-15(3)16-10-6-5-9-14(16)2/h5-12,15H,4,13H2,1-3H3,(H,21,24). The smallest absolute Gasteiger partial charge is 0.240 e. The van der Waals surface area contributed by atoms with Crippen LogP contribution in [0, 0.1) is 6.92 Å². The number of rotatable bonds is 5. The van der Waals surface area contributed by atoms with E-state index >= 15 is 0 Å². The van der Waals surface area contributed by atoms with E-state index in [9.17, 15) is 4.79 Å². The number of hydrogen-bond acceptors (Lipinski definition) is 2. The molecule has 0 aliphatic carbocycles. The third kappa shape index (κ3) is 3.18. The van der Waals surface area contributed by atoms with Crippen molar-refractivity contribution in [2.24, 2.45) is 0 Å². The van der Waals surface area contributed by atoms with Gasteiger partial charge in [-0.15, -0.1) is 0 Å². The van der Waals surface area contributed by atoms with Crippen molar-refractivity contribution >= 4 is 16.9 Å². The highest BCUT2D eigenvalue weighted by molar-refractivity contribution is 5.81. The fraction of sp³-hybridized carbons (Fsp3) is 0.300. The Kier molecular flexibility index (Phi) is 4.65. The van der Waals surface area contributed by atoms with Gasteiger partial charge in [-0.2, -0.15) is 0 Å². The van der Waals surface area contributed by atoms with Gasteiger partial charge in [-0.25, -0.2) is 4.98 Å². The predicted octanol–water partition coefficient (Wildman–Crippen LogP) is 3.78. The molecule has 1 amide bonds. The molecular weight excluding hydrogens is 298 g/mol. The molecule has 3 aromatic rings. The first-order valence-corrected chi connectivity index (χ1v) is 8.39. The molecule has 2 aromatic carbocycles. The summed E-state index contributed by atoms with van der Waals surface area (Å²) in [6.07, 6.45) is 0.801. The number of nitrogens with one attached hydrogen (secondary N) is 1. The average Bonchev–Trinajstić information content (AvgIpc) is 2.93. The van der Waals surface area contributed by atoms with Crippen molar-refractivity contribution in [3.05, 3.63) is 65.5 Å². The van der Waals surface area contributed by atoms with Crippen molar-refractivity contribution in [2.75, 3.05) is 0 Å². The maximum atomic E-state index is 12.6. The van der Waals surface area contributed by atoms with Gasteiger partial charge in [0.2, 0.25) is 5.91 Å². The highest BCUT2D eigenvalue weighted by Crippen LogP contribution is 2.18. The highest BCUT2D eigenvalue weighted by atomic mass is 16.2. The minimum Gasteiger partial charge on any atom is -0.348 e. The summed E-state index contributed by atoms with van der Waals surface area (Å²) in [5.74, 6) is 0.943. The SMILES string of the molecule is CCc1nc2ccccc2n1CC(=O)NC(C)c1ccccc1C. The lowest BCUT2D eigenvalue weighted by molar-refractivity contribution is -0.122. The van der Waals surface area contributed by atoms with E-state index in [4.69, 9.17) is 0 Å². The molecule has 4 heteroatoms. The van der Waals surface area contributed by atoms with Crippen LogP contribution in [0.25, 0.3) is 11.0 Å². The molecule has 3 rings (SSSR count). The van der Waals surface area contributed by atoms with Crippen molar-refractivity contribution in [3.63, 3.8) is 0 Å². The Balaban J connectivity index is 1.79. The lowest BCUT2D eigenvalue weighted by Crippen LogP contribution is -2.30. The number of amides is 1. The Bertz CT molecular complexity index is 866. The molecule has 1 heterocycles. The van der Waals surface area contributed by atoms with E-state index < -0.39 is 0 Å². The van der Waals surface area contributed by atoms with E-state index in [1.54, 1.807) is 0 Å². The normalized spacial score (nSPS) is 12.3. The van der Waals surface area contributed by atoms with E-state index in [2.05, 4.69) is 36.3 Å². The number of aryl methyl sites for hydroxylation is 2. The second-order valence-corrected chi connectivity index (χ2v) is 6.10. The second kappa shape index (κ2) is 6.87. The molecule has 0 saturated heterocycles. The van der Waals surface area contributed by atoms with Crippen molar-refractivity contribution in [1.82, 2.24) is 14.9 Å². The Morgan fingerprint density at radius 1 is 1.17 bits per heavy atom. The number of fused-ring (bicyclic) bond motifs is 1. The molecule has 24 heavy (non-hydrogen) atoms. The van der Waals surface area contributed by atoms with E-state index in [0.29, 0.717) is 6.54 Å². The monoisotopic (exact) mass is 321 g/mol. The van der Waals surface area contributed by atoms with Crippen LogP contribution in [0.3, 0.4) is 0 Å². The molecule has 0 bridgehead atoms. The molecule has 124 valence electrons. The lowest BCUT2D eigenvalue weighted by Gasteiger charge is -2.17. The molecule has 0 aliphatic rings. The molecule has 1 N–H and O–H groups in total. The van der Waals surface area contributed by atoms with Gasteiger partial charge in [-0.3, -0.25) is 4.79 Å². The minimum absolute atomic E-state index is 0.00334. The van der Waals surface area contributed by atoms with Gasteiger partial charge in [0.05, 0.1) is 17.1 Å². The number of hydrogen-bond donors (Lipinski definition) is 1. The predicted molar refractivity (Wildman–Crippen MR) is 96.8 cm³/mol. The third-order valence-electron chi connectivity index (χ3n) is 4.38. The molecule has 1 unspecified atom stereocenters. The first-order valence-electron chi connectivity index (χ1n) is 8.39. The summed E-state index contributed by atoms with van der Waals surface area (Å²) in [6.45, 7) is 6.44. The van der Waals surface area contributed by atoms with Crippen LogP contribution in [0.4, 0.5) is 0 Å². The molecule has 1 atom stereocenters. The van der Waals surface area contributed by atoms with Crippen LogP contribution in [0.1, 0.15) is 36.8 Å². The average molecular weight is 321 g/mol. The number of carbonyl (C=O) groups excluding carboxylic acids is 1. The summed E-state index contributed by atoms with van der Waals surface area (Å²) in [4.78, 5) is 17.2. The maximum Gasteiger partial charge on any atom is 0.240 e. The van der Waals surface area contributed by atoms with Gasteiger partial charge in [-0.05, 0) is 37.1 Å². The summed E-state index contributed by atoms with van der Waals surface area (Å²) >= 11 is 0. The van der Waals surface area contributed by atoms with E-state index in [0.717, 1.165) is 28.8 Å². The van der Waals surface area contributed by atoms with Crippen LogP contribution < -0.4 is 5.32 Å². The Labute approximate surface area is 142 Å². The third-order valence-corrected chi connectivity index (χ3v) is 4.38. The van der Waals surface area contributed by atoms with Crippen LogP contribution in [0.15, 0.2) is 48.5 Å². The van der Waals surface area contributed by atoms with Gasteiger partial charge in [0.1, 0.15) is 12.4 Å². The number of imidazole rings is 1. The summed E-state index contributed by atoms with van der Waals surface area (Å²) in [6, 6.07) is 16.1. The number of aromatic nitrogens is 2. The number of para-hydroxylation sites is 2. The van der Waals surface area contributed by atoms with Crippen molar-refractivity contribution in [1.29, 1.82) is 0 Å². The Morgan fingerprint density at radius 2 is 1.88 bits per heavy atom. The van der Waals surface area contributed by atoms with Crippen LogP contribution in [-0.4, -0.2) is 15.5 Å². The van der Waals surface area contributed by atoms with Crippen LogP contribution in [0.2, 0.25) is 0 Å². The van der Waals surface area contributed by atoms with Gasteiger partial charge in [-0.1, -0.05) is 43.3 Å². The van der Waals surface area contributed by atoms with Crippen LogP contribution in [0.5, 0.6) is 0 Å². The molecule has 0 fully saturated rings. The number of benzene rings is 2. The van der Waals surface area contributed by atoms with Gasteiger partial charge in [0, 0.05) is 6.42 Å². The molecule has 0 saturated carbocycles. The van der Waals surface area contributed by atoms with E-state index in [1.807, 2.05) is 47.9 Å². The van der Waals surface area contributed by atoms with Crippen LogP contribution >= 0.6 is 0 Å². The Hall–Kier alpha value is -2.62. The zero-order chi connectivity index (χ0) is 17.1. The fourth-order valence-electron chi connectivity index (χ4n) is 3.15. The Morgan fingerprint density at radius 3 is 2.62 bits per heavy atom. The summed E-state index contributed by atoms with van der Waals surface area (Å²) in [5, 5.41) is 3.10. The molecular formula is C20H23N3O. The van der Waals surface area contributed by atoms with Gasteiger partial charge >= 0.3 is 0 Å². The highest BCUT2D eigenvalue weighted by Gasteiger charge is 2.15. The quantitative estimate of drug-likeness (QED) is 0.777. The van der Waals surface area contributed by atoms with Gasteiger partial charge in [0.25, 0.3) is 0 Å². The van der Waals surface area contributed by atoms with Gasteiger partial charge in [0.15, 0.2) is 0 Å². The van der Waals surface area contributed by atoms with Gasteiger partial charge < -0.3 is 9.88 Å². The summed E-state index contributed by atoms with van der Waals surface area (Å²) < 4.78 is 2.01.